The molecule has 4 aromatic rings. The third kappa shape index (κ3) is 5.30. The van der Waals surface area contributed by atoms with E-state index < -0.39 is 0 Å². The van der Waals surface area contributed by atoms with Gasteiger partial charge in [0.1, 0.15) is 5.71 Å². The number of anilines is 1. The van der Waals surface area contributed by atoms with Crippen LogP contribution in [0.15, 0.2) is 77.1 Å². The predicted octanol–water partition coefficient (Wildman–Crippen LogP) is 4.28. The molecule has 0 bridgehead atoms. The Morgan fingerprint density at radius 3 is 2.73 bits per heavy atom. The average molecular weight is 493 g/mol. The Balaban J connectivity index is 1.41. The summed E-state index contributed by atoms with van der Waals surface area (Å²) in [6.07, 6.45) is 9.18. The van der Waals surface area contributed by atoms with Crippen LogP contribution in [0.3, 0.4) is 0 Å². The van der Waals surface area contributed by atoms with Crippen molar-refractivity contribution in [3.63, 3.8) is 0 Å². The maximum absolute atomic E-state index is 13.3. The molecule has 0 radical (unpaired) electrons. The van der Waals surface area contributed by atoms with Crippen molar-refractivity contribution < 1.29 is 4.79 Å². The van der Waals surface area contributed by atoms with Gasteiger partial charge in [0, 0.05) is 41.8 Å². The van der Waals surface area contributed by atoms with E-state index >= 15 is 0 Å². The largest absolute Gasteiger partial charge is 0.320 e. The summed E-state index contributed by atoms with van der Waals surface area (Å²) in [5, 5.41) is 12.9. The van der Waals surface area contributed by atoms with Gasteiger partial charge in [-0.05, 0) is 62.8 Å². The Labute approximate surface area is 215 Å². The van der Waals surface area contributed by atoms with E-state index in [4.69, 9.17) is 5.10 Å². The molecule has 0 atom stereocenters. The molecule has 1 N–H and O–H groups in total. The van der Waals surface area contributed by atoms with Gasteiger partial charge in [-0.1, -0.05) is 12.1 Å². The normalized spacial score (nSPS) is 14.8. The molecule has 1 aliphatic heterocycles. The number of rotatable bonds is 5. The van der Waals surface area contributed by atoms with Crippen molar-refractivity contribution in [1.82, 2.24) is 24.5 Å². The molecule has 37 heavy (non-hydrogen) atoms. The molecule has 4 heterocycles. The van der Waals surface area contributed by atoms with Crippen LogP contribution in [0, 0.1) is 13.8 Å². The van der Waals surface area contributed by atoms with Crippen molar-refractivity contribution in [2.45, 2.75) is 27.3 Å². The SMILES string of the molecule is CC1=NCC(C(=O)Nc2cccc3c2c(C)nn3Cc2cccc(C)n2)=N/C=C/C(c2cnn(C)c2)=C1. The van der Waals surface area contributed by atoms with Crippen molar-refractivity contribution in [3.05, 3.63) is 89.8 Å². The molecule has 1 aromatic carbocycles. The molecule has 0 spiro atoms. The van der Waals surface area contributed by atoms with Gasteiger partial charge in [0.15, 0.2) is 0 Å². The zero-order valence-corrected chi connectivity index (χ0v) is 21.3. The highest BCUT2D eigenvalue weighted by Gasteiger charge is 2.17. The summed E-state index contributed by atoms with van der Waals surface area (Å²) in [4.78, 5) is 26.9. The smallest absolute Gasteiger partial charge is 0.272 e. The van der Waals surface area contributed by atoms with Crippen LogP contribution in [0.1, 0.15) is 29.6 Å². The first kappa shape index (κ1) is 24.1. The number of aryl methyl sites for hydroxylation is 3. The first-order valence-electron chi connectivity index (χ1n) is 12.0. The lowest BCUT2D eigenvalue weighted by Gasteiger charge is -2.09. The zero-order valence-electron chi connectivity index (χ0n) is 21.3. The minimum absolute atomic E-state index is 0.173. The lowest BCUT2D eigenvalue weighted by Crippen LogP contribution is -2.25. The van der Waals surface area contributed by atoms with Crippen molar-refractivity contribution in [2.24, 2.45) is 17.0 Å². The number of hydrogen-bond donors (Lipinski definition) is 1. The molecular weight excluding hydrogens is 464 g/mol. The number of nitrogens with one attached hydrogen (secondary N) is 1. The number of aliphatic imine (C=N–C) groups is 2. The highest BCUT2D eigenvalue weighted by molar-refractivity contribution is 6.44. The summed E-state index contributed by atoms with van der Waals surface area (Å²) < 4.78 is 3.66. The van der Waals surface area contributed by atoms with Crippen LogP contribution in [0.5, 0.6) is 0 Å². The van der Waals surface area contributed by atoms with Crippen molar-refractivity contribution in [1.29, 1.82) is 0 Å². The number of nitrogens with zero attached hydrogens (tertiary/aromatic N) is 7. The summed E-state index contributed by atoms with van der Waals surface area (Å²) in [5.41, 5.74) is 7.33. The third-order valence-electron chi connectivity index (χ3n) is 6.09. The number of carbonyl (C=O) groups is 1. The second kappa shape index (κ2) is 10.1. The van der Waals surface area contributed by atoms with Crippen LogP contribution < -0.4 is 5.32 Å². The molecule has 3 aromatic heterocycles. The van der Waals surface area contributed by atoms with Gasteiger partial charge in [-0.2, -0.15) is 10.2 Å². The maximum atomic E-state index is 13.3. The van der Waals surface area contributed by atoms with E-state index in [1.54, 1.807) is 17.1 Å². The van der Waals surface area contributed by atoms with E-state index in [1.807, 2.05) is 87.2 Å². The van der Waals surface area contributed by atoms with E-state index in [2.05, 4.69) is 25.4 Å². The van der Waals surface area contributed by atoms with Crippen LogP contribution in [-0.2, 0) is 18.4 Å². The van der Waals surface area contributed by atoms with Crippen molar-refractivity contribution in [3.8, 4) is 0 Å². The Morgan fingerprint density at radius 2 is 1.95 bits per heavy atom. The van der Waals surface area contributed by atoms with Gasteiger partial charge in [-0.3, -0.25) is 29.1 Å². The van der Waals surface area contributed by atoms with Crippen LogP contribution >= 0.6 is 0 Å². The van der Waals surface area contributed by atoms with E-state index in [0.717, 1.165) is 44.8 Å². The first-order chi connectivity index (χ1) is 17.9. The van der Waals surface area contributed by atoms with Gasteiger partial charge in [0.2, 0.25) is 0 Å². The quantitative estimate of drug-likeness (QED) is 0.449. The molecule has 0 saturated heterocycles. The summed E-state index contributed by atoms with van der Waals surface area (Å²) in [5.74, 6) is -0.300. The van der Waals surface area contributed by atoms with Gasteiger partial charge in [0.05, 0.1) is 41.9 Å². The van der Waals surface area contributed by atoms with Crippen LogP contribution in [0.4, 0.5) is 5.69 Å². The summed E-state index contributed by atoms with van der Waals surface area (Å²) >= 11 is 0. The molecule has 0 saturated carbocycles. The Kier molecular flexibility index (Phi) is 6.59. The second-order valence-electron chi connectivity index (χ2n) is 9.02. The number of amides is 1. The number of aromatic nitrogens is 5. The average Bonchev–Trinajstić information content (AvgIpc) is 3.45. The van der Waals surface area contributed by atoms with Gasteiger partial charge in [-0.15, -0.1) is 0 Å². The Hall–Kier alpha value is -4.66. The monoisotopic (exact) mass is 492 g/mol. The van der Waals surface area contributed by atoms with Gasteiger partial charge in [-0.25, -0.2) is 0 Å². The summed E-state index contributed by atoms with van der Waals surface area (Å²) in [7, 11) is 1.87. The fourth-order valence-electron chi connectivity index (χ4n) is 4.33. The van der Waals surface area contributed by atoms with E-state index in [1.165, 1.54) is 0 Å². The van der Waals surface area contributed by atoms with E-state index in [0.29, 0.717) is 17.9 Å². The summed E-state index contributed by atoms with van der Waals surface area (Å²) in [6.45, 7) is 6.54. The lowest BCUT2D eigenvalue weighted by atomic mass is 10.1. The Morgan fingerprint density at radius 1 is 1.11 bits per heavy atom. The number of hydrogen-bond acceptors (Lipinski definition) is 6. The molecule has 5 rings (SSSR count). The fourth-order valence-corrected chi connectivity index (χ4v) is 4.33. The molecule has 0 unspecified atom stereocenters. The minimum Gasteiger partial charge on any atom is -0.320 e. The number of allylic oxidation sites excluding steroid dienone is 3. The maximum Gasteiger partial charge on any atom is 0.272 e. The molecule has 1 aliphatic rings. The number of benzene rings is 1. The number of pyridine rings is 1. The minimum atomic E-state index is -0.300. The molecule has 0 aliphatic carbocycles. The van der Waals surface area contributed by atoms with Gasteiger partial charge >= 0.3 is 0 Å². The Bertz CT molecular complexity index is 1620. The molecule has 9 nitrogen and oxygen atoms in total. The van der Waals surface area contributed by atoms with Gasteiger partial charge < -0.3 is 5.32 Å². The molecule has 1 amide bonds. The third-order valence-corrected chi connectivity index (χ3v) is 6.09. The molecular formula is C28H28N8O. The number of carbonyl (C=O) groups excluding carboxylic acids is 1. The highest BCUT2D eigenvalue weighted by atomic mass is 16.1. The predicted molar refractivity (Wildman–Crippen MR) is 147 cm³/mol. The topological polar surface area (TPSA) is 102 Å². The summed E-state index contributed by atoms with van der Waals surface area (Å²) in [6, 6.07) is 11.7. The van der Waals surface area contributed by atoms with Crippen LogP contribution in [0.2, 0.25) is 0 Å². The second-order valence-corrected chi connectivity index (χ2v) is 9.02. The van der Waals surface area contributed by atoms with Gasteiger partial charge in [0.25, 0.3) is 5.91 Å². The lowest BCUT2D eigenvalue weighted by molar-refractivity contribution is -0.110. The van der Waals surface area contributed by atoms with E-state index in [-0.39, 0.29) is 12.5 Å². The fraction of sp³-hybridized carbons (Fsp3) is 0.214. The molecule has 186 valence electrons. The molecule has 0 fully saturated rings. The number of fused-ring (bicyclic) bond motifs is 1. The van der Waals surface area contributed by atoms with Crippen molar-refractivity contribution >= 4 is 39.5 Å². The highest BCUT2D eigenvalue weighted by Crippen LogP contribution is 2.27. The zero-order chi connectivity index (χ0) is 25.9. The standard InChI is InChI=1S/C28H28N8O/c1-18-7-5-8-23(32-18)17-36-26-10-6-9-24(27(26)20(3)34-36)33-28(37)25-15-30-19(2)13-21(11-12-29-25)22-14-31-35(4)16-22/h5-14,16H,15,17H2,1-4H3,(H,33,37)/b12-11+,21-13?,29-25?,30-19?. The van der Waals surface area contributed by atoms with E-state index in [9.17, 15) is 4.79 Å². The van der Waals surface area contributed by atoms with Crippen LogP contribution in [-0.4, -0.2) is 48.4 Å². The molecule has 9 heteroatoms. The first-order valence-corrected chi connectivity index (χ1v) is 12.0. The van der Waals surface area contributed by atoms with Crippen molar-refractivity contribution in [2.75, 3.05) is 11.9 Å². The van der Waals surface area contributed by atoms with Crippen LogP contribution in [0.25, 0.3) is 16.5 Å².